The van der Waals surface area contributed by atoms with Crippen LogP contribution in [-0.4, -0.2) is 43.1 Å². The van der Waals surface area contributed by atoms with Crippen LogP contribution in [0.1, 0.15) is 43.2 Å². The van der Waals surface area contributed by atoms with Crippen molar-refractivity contribution in [3.63, 3.8) is 0 Å². The van der Waals surface area contributed by atoms with Crippen molar-refractivity contribution in [3.8, 4) is 11.1 Å². The van der Waals surface area contributed by atoms with Crippen molar-refractivity contribution in [2.75, 3.05) is 36.4 Å². The molecule has 0 spiro atoms. The Hall–Kier alpha value is -3.84. The van der Waals surface area contributed by atoms with Crippen molar-refractivity contribution in [1.82, 2.24) is 4.90 Å². The van der Waals surface area contributed by atoms with Gasteiger partial charge in [0.15, 0.2) is 0 Å². The minimum absolute atomic E-state index is 0.180. The molecule has 0 radical (unpaired) electrons. The largest absolute Gasteiger partial charge is 0.444 e. The van der Waals surface area contributed by atoms with Gasteiger partial charge < -0.3 is 20.3 Å². The first kappa shape index (κ1) is 26.8. The number of carbonyl (C=O) groups is 2. The molecule has 1 heterocycles. The second-order valence-electron chi connectivity index (χ2n) is 10.5. The van der Waals surface area contributed by atoms with Crippen LogP contribution in [0.25, 0.3) is 11.1 Å². The molecule has 0 bridgehead atoms. The maximum atomic E-state index is 12.9. The van der Waals surface area contributed by atoms with Gasteiger partial charge in [-0.25, -0.2) is 4.79 Å². The molecule has 39 heavy (non-hydrogen) atoms. The third-order valence-corrected chi connectivity index (χ3v) is 7.40. The van der Waals surface area contributed by atoms with Crippen molar-refractivity contribution >= 4 is 23.4 Å². The Morgan fingerprint density at radius 1 is 0.923 bits per heavy atom. The lowest BCUT2D eigenvalue weighted by Crippen LogP contribution is -2.33. The quantitative estimate of drug-likeness (QED) is 0.330. The molecule has 0 aromatic heterocycles. The number of nitrogens with two attached hydrogens (primary N) is 1. The van der Waals surface area contributed by atoms with Crippen LogP contribution in [0.15, 0.2) is 72.8 Å². The summed E-state index contributed by atoms with van der Waals surface area (Å²) in [4.78, 5) is 29.9. The molecule has 7 nitrogen and oxygen atoms in total. The Balaban J connectivity index is 1.34. The zero-order valence-electron chi connectivity index (χ0n) is 22.5. The Kier molecular flexibility index (Phi) is 8.78. The van der Waals surface area contributed by atoms with Gasteiger partial charge in [0.2, 0.25) is 5.91 Å². The highest BCUT2D eigenvalue weighted by atomic mass is 16.5. The van der Waals surface area contributed by atoms with Gasteiger partial charge in [-0.2, -0.15) is 0 Å². The molecule has 1 saturated heterocycles. The molecule has 7 heteroatoms. The summed E-state index contributed by atoms with van der Waals surface area (Å²) in [5, 5.41) is 3.00. The average Bonchev–Trinajstić information content (AvgIpc) is 3.68. The highest BCUT2D eigenvalue weighted by Gasteiger charge is 2.33. The number of benzene rings is 3. The van der Waals surface area contributed by atoms with Crippen molar-refractivity contribution in [2.24, 2.45) is 11.7 Å². The summed E-state index contributed by atoms with van der Waals surface area (Å²) in [5.74, 6) is 0.420. The minimum atomic E-state index is -0.473. The number of rotatable bonds is 11. The van der Waals surface area contributed by atoms with Crippen LogP contribution in [0.3, 0.4) is 0 Å². The zero-order chi connectivity index (χ0) is 27.0. The lowest BCUT2D eigenvalue weighted by molar-refractivity contribution is -0.133. The number of hydrogen-bond acceptors (Lipinski definition) is 5. The average molecular weight is 527 g/mol. The van der Waals surface area contributed by atoms with Crippen LogP contribution in [0.2, 0.25) is 0 Å². The second-order valence-corrected chi connectivity index (χ2v) is 10.5. The Labute approximate surface area is 230 Å². The van der Waals surface area contributed by atoms with E-state index in [2.05, 4.69) is 40.5 Å². The highest BCUT2D eigenvalue weighted by Crippen LogP contribution is 2.35. The second kappa shape index (κ2) is 12.8. The van der Waals surface area contributed by atoms with E-state index in [-0.39, 0.29) is 18.4 Å². The Morgan fingerprint density at radius 3 is 2.41 bits per heavy atom. The van der Waals surface area contributed by atoms with Gasteiger partial charge in [0.25, 0.3) is 0 Å². The van der Waals surface area contributed by atoms with Gasteiger partial charge in [0.1, 0.15) is 6.61 Å². The van der Waals surface area contributed by atoms with E-state index < -0.39 is 6.09 Å². The smallest absolute Gasteiger partial charge is 0.412 e. The molecule has 1 aliphatic heterocycles. The summed E-state index contributed by atoms with van der Waals surface area (Å²) < 4.78 is 5.52. The number of hydrogen-bond donors (Lipinski definition) is 2. The van der Waals surface area contributed by atoms with E-state index in [0.29, 0.717) is 19.6 Å². The number of amides is 2. The lowest BCUT2D eigenvalue weighted by Gasteiger charge is -2.24. The van der Waals surface area contributed by atoms with Crippen molar-refractivity contribution in [3.05, 3.63) is 83.9 Å². The predicted molar refractivity (Wildman–Crippen MR) is 155 cm³/mol. The topological polar surface area (TPSA) is 87.9 Å². The predicted octanol–water partition coefficient (Wildman–Crippen LogP) is 5.79. The van der Waals surface area contributed by atoms with Crippen molar-refractivity contribution < 1.29 is 14.3 Å². The fourth-order valence-corrected chi connectivity index (χ4v) is 5.13. The van der Waals surface area contributed by atoms with Crippen LogP contribution in [0, 0.1) is 5.92 Å². The summed E-state index contributed by atoms with van der Waals surface area (Å²) >= 11 is 0. The summed E-state index contributed by atoms with van der Waals surface area (Å²) in [6.07, 6.45) is 4.59. The molecule has 2 fully saturated rings. The van der Waals surface area contributed by atoms with Gasteiger partial charge in [-0.1, -0.05) is 54.6 Å². The Morgan fingerprint density at radius 2 is 1.67 bits per heavy atom. The molecule has 1 aliphatic carbocycles. The van der Waals surface area contributed by atoms with E-state index >= 15 is 0 Å². The van der Waals surface area contributed by atoms with Crippen LogP contribution in [0.5, 0.6) is 0 Å². The number of nitrogens with zero attached hydrogens (tertiary/aromatic N) is 2. The summed E-state index contributed by atoms with van der Waals surface area (Å²) in [5.41, 5.74) is 11.6. The molecule has 3 aromatic carbocycles. The molecular formula is C32H38N4O3. The summed E-state index contributed by atoms with van der Waals surface area (Å²) in [6, 6.07) is 24.2. The van der Waals surface area contributed by atoms with Crippen molar-refractivity contribution in [2.45, 2.75) is 45.3 Å². The maximum Gasteiger partial charge on any atom is 0.412 e. The monoisotopic (exact) mass is 526 g/mol. The normalized spacial score (nSPS) is 14.7. The fourth-order valence-electron chi connectivity index (χ4n) is 5.13. The third kappa shape index (κ3) is 7.18. The van der Waals surface area contributed by atoms with E-state index in [9.17, 15) is 9.59 Å². The molecular weight excluding hydrogens is 488 g/mol. The van der Waals surface area contributed by atoms with Gasteiger partial charge in [-0.05, 0) is 79.1 Å². The Bertz CT molecular complexity index is 1270. The highest BCUT2D eigenvalue weighted by molar-refractivity contribution is 5.92. The standard InChI is InChI=1S/C32H38N4O3/c33-16-7-19-36(31(37)26-12-13-26)22-25-10-6-11-27(20-25)28-14-15-30(35-17-4-5-18-35)29(21-28)34-32(38)39-23-24-8-2-1-3-9-24/h1-3,6,8-11,14-15,20-21,26H,4-5,7,12-13,16-19,22-23,33H2,(H,34,38). The first-order valence-electron chi connectivity index (χ1n) is 14.1. The molecule has 204 valence electrons. The van der Waals surface area contributed by atoms with Crippen LogP contribution in [-0.2, 0) is 22.7 Å². The van der Waals surface area contributed by atoms with Crippen molar-refractivity contribution in [1.29, 1.82) is 0 Å². The van der Waals surface area contributed by atoms with Crippen LogP contribution < -0.4 is 16.0 Å². The van der Waals surface area contributed by atoms with Crippen LogP contribution in [0.4, 0.5) is 16.2 Å². The number of carbonyl (C=O) groups excluding carboxylic acids is 2. The van der Waals surface area contributed by atoms with E-state index in [4.69, 9.17) is 10.5 Å². The number of anilines is 2. The molecule has 0 atom stereocenters. The zero-order valence-corrected chi connectivity index (χ0v) is 22.5. The molecule has 3 aromatic rings. The molecule has 2 aliphatic rings. The SMILES string of the molecule is NCCCN(Cc1cccc(-c2ccc(N3CCCC3)c(NC(=O)OCc3ccccc3)c2)c1)C(=O)C1CC1. The maximum absolute atomic E-state index is 12.9. The molecule has 0 unspecified atom stereocenters. The van der Waals surface area contributed by atoms with Gasteiger partial charge in [0, 0.05) is 32.1 Å². The first-order chi connectivity index (χ1) is 19.1. The van der Waals surface area contributed by atoms with E-state index in [1.165, 1.54) is 0 Å². The van der Waals surface area contributed by atoms with E-state index in [0.717, 1.165) is 78.8 Å². The van der Waals surface area contributed by atoms with E-state index in [1.54, 1.807) is 0 Å². The number of ether oxygens (including phenoxy) is 1. The van der Waals surface area contributed by atoms with Gasteiger partial charge in [0.05, 0.1) is 11.4 Å². The van der Waals surface area contributed by atoms with Gasteiger partial charge in [-0.3, -0.25) is 10.1 Å². The minimum Gasteiger partial charge on any atom is -0.444 e. The molecule has 5 rings (SSSR count). The third-order valence-electron chi connectivity index (χ3n) is 7.40. The molecule has 2 amide bonds. The molecule has 3 N–H and O–H groups in total. The van der Waals surface area contributed by atoms with Gasteiger partial charge >= 0.3 is 6.09 Å². The van der Waals surface area contributed by atoms with E-state index in [1.807, 2.05) is 47.4 Å². The summed E-state index contributed by atoms with van der Waals surface area (Å²) in [6.45, 7) is 3.98. The van der Waals surface area contributed by atoms with Gasteiger partial charge in [-0.15, -0.1) is 0 Å². The first-order valence-corrected chi connectivity index (χ1v) is 14.1. The van der Waals surface area contributed by atoms with Crippen LogP contribution >= 0.6 is 0 Å². The fraction of sp³-hybridized carbons (Fsp3) is 0.375. The molecule has 1 saturated carbocycles. The summed E-state index contributed by atoms with van der Waals surface area (Å²) in [7, 11) is 0. The lowest BCUT2D eigenvalue weighted by atomic mass is 10.0. The number of nitrogens with one attached hydrogen (secondary N) is 1.